The van der Waals surface area contributed by atoms with Gasteiger partial charge in [0.1, 0.15) is 0 Å². The number of amides is 1. The van der Waals surface area contributed by atoms with E-state index in [1.165, 1.54) is 7.11 Å². The standard InChI is InChI=1S/C20H20ClN3O4S/c1-27-19(26)16-12-15(5-6-17(16)24-7-9-28-10-8-24)22-20(29)23-18(25)13-3-2-4-14(21)11-13/h2-6,11-12H,7-10H2,1H3,(H2,22,23,25,29). The van der Waals surface area contributed by atoms with Crippen molar-refractivity contribution in [2.45, 2.75) is 0 Å². The van der Waals surface area contributed by atoms with Crippen molar-refractivity contribution in [2.24, 2.45) is 0 Å². The second kappa shape index (κ2) is 9.69. The van der Waals surface area contributed by atoms with Gasteiger partial charge in [-0.05, 0) is 48.6 Å². The van der Waals surface area contributed by atoms with Gasteiger partial charge in [-0.2, -0.15) is 0 Å². The van der Waals surface area contributed by atoms with Crippen LogP contribution in [0.4, 0.5) is 11.4 Å². The Morgan fingerprint density at radius 2 is 1.93 bits per heavy atom. The monoisotopic (exact) mass is 433 g/mol. The Labute approximate surface area is 178 Å². The van der Waals surface area contributed by atoms with Crippen molar-refractivity contribution >= 4 is 52.2 Å². The molecule has 0 atom stereocenters. The van der Waals surface area contributed by atoms with Crippen molar-refractivity contribution in [2.75, 3.05) is 43.6 Å². The Kier molecular flexibility index (Phi) is 7.03. The summed E-state index contributed by atoms with van der Waals surface area (Å²) in [5.74, 6) is -0.841. The fourth-order valence-electron chi connectivity index (χ4n) is 2.93. The topological polar surface area (TPSA) is 79.9 Å². The third-order valence-electron chi connectivity index (χ3n) is 4.33. The van der Waals surface area contributed by atoms with E-state index in [1.54, 1.807) is 36.4 Å². The molecule has 0 radical (unpaired) electrons. The molecule has 0 bridgehead atoms. The summed E-state index contributed by atoms with van der Waals surface area (Å²) in [6.45, 7) is 2.57. The smallest absolute Gasteiger partial charge is 0.340 e. The highest BCUT2D eigenvalue weighted by Gasteiger charge is 2.20. The lowest BCUT2D eigenvalue weighted by atomic mass is 10.1. The molecule has 1 amide bonds. The molecule has 29 heavy (non-hydrogen) atoms. The zero-order chi connectivity index (χ0) is 20.8. The van der Waals surface area contributed by atoms with E-state index in [2.05, 4.69) is 15.5 Å². The average molecular weight is 434 g/mol. The highest BCUT2D eigenvalue weighted by atomic mass is 35.5. The van der Waals surface area contributed by atoms with Crippen molar-refractivity contribution in [1.82, 2.24) is 5.32 Å². The molecule has 7 nitrogen and oxygen atoms in total. The van der Waals surface area contributed by atoms with Gasteiger partial charge < -0.3 is 19.7 Å². The average Bonchev–Trinajstić information content (AvgIpc) is 2.73. The summed E-state index contributed by atoms with van der Waals surface area (Å²) in [7, 11) is 1.33. The maximum Gasteiger partial charge on any atom is 0.340 e. The number of anilines is 2. The number of carbonyl (C=O) groups excluding carboxylic acids is 2. The minimum atomic E-state index is -0.455. The molecule has 1 saturated heterocycles. The number of hydrogen-bond acceptors (Lipinski definition) is 6. The summed E-state index contributed by atoms with van der Waals surface area (Å²) >= 11 is 11.1. The van der Waals surface area contributed by atoms with Crippen LogP contribution in [0.25, 0.3) is 0 Å². The van der Waals surface area contributed by atoms with Gasteiger partial charge in [-0.3, -0.25) is 10.1 Å². The van der Waals surface area contributed by atoms with E-state index >= 15 is 0 Å². The highest BCUT2D eigenvalue weighted by Crippen LogP contribution is 2.26. The number of thiocarbonyl (C=S) groups is 1. The third kappa shape index (κ3) is 5.44. The number of halogens is 1. The molecule has 9 heteroatoms. The number of hydrogen-bond donors (Lipinski definition) is 2. The normalized spacial score (nSPS) is 13.5. The molecule has 152 valence electrons. The Morgan fingerprint density at radius 1 is 1.17 bits per heavy atom. The van der Waals surface area contributed by atoms with E-state index in [9.17, 15) is 9.59 Å². The summed E-state index contributed by atoms with van der Waals surface area (Å²) in [5.41, 5.74) is 2.11. The van der Waals surface area contributed by atoms with E-state index in [1.807, 2.05) is 6.07 Å². The Balaban J connectivity index is 1.73. The van der Waals surface area contributed by atoms with E-state index < -0.39 is 5.97 Å². The number of methoxy groups -OCH3 is 1. The Morgan fingerprint density at radius 3 is 2.62 bits per heavy atom. The number of morpholine rings is 1. The van der Waals surface area contributed by atoms with Crippen LogP contribution >= 0.6 is 23.8 Å². The Hall–Kier alpha value is -2.68. The highest BCUT2D eigenvalue weighted by molar-refractivity contribution is 7.80. The van der Waals surface area contributed by atoms with Crippen LogP contribution in [0.3, 0.4) is 0 Å². The van der Waals surface area contributed by atoms with Gasteiger partial charge in [0, 0.05) is 29.4 Å². The van der Waals surface area contributed by atoms with Gasteiger partial charge in [0.25, 0.3) is 5.91 Å². The van der Waals surface area contributed by atoms with Crippen LogP contribution in [0.1, 0.15) is 20.7 Å². The van der Waals surface area contributed by atoms with Gasteiger partial charge in [0.05, 0.1) is 31.6 Å². The Bertz CT molecular complexity index is 932. The number of ether oxygens (including phenoxy) is 2. The number of esters is 1. The first kappa shape index (κ1) is 21.0. The van der Waals surface area contributed by atoms with Crippen LogP contribution in [-0.2, 0) is 9.47 Å². The molecule has 2 aromatic rings. The zero-order valence-electron chi connectivity index (χ0n) is 15.7. The minimum Gasteiger partial charge on any atom is -0.465 e. The van der Waals surface area contributed by atoms with Crippen LogP contribution in [0.15, 0.2) is 42.5 Å². The maximum atomic E-state index is 12.3. The molecule has 1 aliphatic rings. The molecule has 2 N–H and O–H groups in total. The summed E-state index contributed by atoms with van der Waals surface area (Å²) in [4.78, 5) is 26.6. The number of carbonyl (C=O) groups is 2. The van der Waals surface area contributed by atoms with Crippen molar-refractivity contribution in [3.8, 4) is 0 Å². The first-order valence-corrected chi connectivity index (χ1v) is 9.69. The SMILES string of the molecule is COC(=O)c1cc(NC(=S)NC(=O)c2cccc(Cl)c2)ccc1N1CCOCC1. The molecule has 2 aromatic carbocycles. The quantitative estimate of drug-likeness (QED) is 0.566. The number of benzene rings is 2. The lowest BCUT2D eigenvalue weighted by Gasteiger charge is -2.30. The van der Waals surface area contributed by atoms with Crippen molar-refractivity contribution in [3.05, 3.63) is 58.6 Å². The van der Waals surface area contributed by atoms with E-state index in [4.69, 9.17) is 33.3 Å². The molecule has 0 aromatic heterocycles. The van der Waals surface area contributed by atoms with Gasteiger partial charge in [-0.1, -0.05) is 17.7 Å². The molecule has 0 unspecified atom stereocenters. The number of rotatable bonds is 4. The van der Waals surface area contributed by atoms with Gasteiger partial charge in [-0.15, -0.1) is 0 Å². The van der Waals surface area contributed by atoms with E-state index in [-0.39, 0.29) is 11.0 Å². The predicted octanol–water partition coefficient (Wildman–Crippen LogP) is 3.09. The molecule has 3 rings (SSSR count). The van der Waals surface area contributed by atoms with Crippen molar-refractivity contribution in [3.63, 3.8) is 0 Å². The van der Waals surface area contributed by atoms with Crippen molar-refractivity contribution < 1.29 is 19.1 Å². The first-order valence-electron chi connectivity index (χ1n) is 8.91. The van der Waals surface area contributed by atoms with Crippen molar-refractivity contribution in [1.29, 1.82) is 0 Å². The minimum absolute atomic E-state index is 0.102. The molecule has 0 spiro atoms. The molecular formula is C20H20ClN3O4S. The largest absolute Gasteiger partial charge is 0.465 e. The lowest BCUT2D eigenvalue weighted by molar-refractivity contribution is 0.0600. The molecule has 1 heterocycles. The fourth-order valence-corrected chi connectivity index (χ4v) is 3.34. The lowest BCUT2D eigenvalue weighted by Crippen LogP contribution is -2.37. The molecule has 1 fully saturated rings. The summed E-state index contributed by atoms with van der Waals surface area (Å²) in [6.07, 6.45) is 0. The van der Waals surface area contributed by atoms with Gasteiger partial charge in [0.2, 0.25) is 0 Å². The number of nitrogens with one attached hydrogen (secondary N) is 2. The fraction of sp³-hybridized carbons (Fsp3) is 0.250. The van der Waals surface area contributed by atoms with Gasteiger partial charge >= 0.3 is 5.97 Å². The zero-order valence-corrected chi connectivity index (χ0v) is 17.3. The van der Waals surface area contributed by atoms with Crippen LogP contribution in [-0.4, -0.2) is 50.4 Å². The maximum absolute atomic E-state index is 12.3. The van der Waals surface area contributed by atoms with E-state index in [0.29, 0.717) is 48.1 Å². The van der Waals surface area contributed by atoms with Crippen LogP contribution in [0, 0.1) is 0 Å². The number of nitrogens with zero attached hydrogens (tertiary/aromatic N) is 1. The predicted molar refractivity (Wildman–Crippen MR) is 116 cm³/mol. The second-order valence-corrected chi connectivity index (χ2v) is 7.09. The van der Waals surface area contributed by atoms with Gasteiger partial charge in [0.15, 0.2) is 5.11 Å². The molecule has 0 aliphatic carbocycles. The summed E-state index contributed by atoms with van der Waals surface area (Å²) in [6, 6.07) is 11.8. The molecule has 1 aliphatic heterocycles. The van der Waals surface area contributed by atoms with Crippen LogP contribution in [0.5, 0.6) is 0 Å². The van der Waals surface area contributed by atoms with Gasteiger partial charge in [-0.25, -0.2) is 4.79 Å². The second-order valence-electron chi connectivity index (χ2n) is 6.24. The molecular weight excluding hydrogens is 414 g/mol. The van der Waals surface area contributed by atoms with Crippen LogP contribution < -0.4 is 15.5 Å². The third-order valence-corrected chi connectivity index (χ3v) is 4.76. The van der Waals surface area contributed by atoms with E-state index in [0.717, 1.165) is 5.69 Å². The summed E-state index contributed by atoms with van der Waals surface area (Å²) < 4.78 is 10.3. The van der Waals surface area contributed by atoms with Crippen LogP contribution in [0.2, 0.25) is 5.02 Å². The molecule has 0 saturated carbocycles. The summed E-state index contributed by atoms with van der Waals surface area (Å²) in [5, 5.41) is 6.07. The first-order chi connectivity index (χ1) is 14.0.